The molecule has 0 rings (SSSR count). The molecule has 0 saturated carbocycles. The summed E-state index contributed by atoms with van der Waals surface area (Å²) < 4.78 is 23.5. The minimum absolute atomic E-state index is 0.127. The molecular formula is C4H10NO2S2. The van der Waals surface area contributed by atoms with Gasteiger partial charge in [-0.05, 0) is 6.92 Å². The number of rotatable bonds is 4. The van der Waals surface area contributed by atoms with Gasteiger partial charge in [0.15, 0.2) is 0 Å². The molecule has 0 saturated heterocycles. The third kappa shape index (κ3) is 4.74. The molecule has 1 radical (unpaired) electrons. The van der Waals surface area contributed by atoms with E-state index in [2.05, 4.69) is 17.4 Å². The van der Waals surface area contributed by atoms with Crippen LogP contribution in [0.15, 0.2) is 0 Å². The van der Waals surface area contributed by atoms with Gasteiger partial charge in [0.2, 0.25) is 10.0 Å². The SMILES string of the molecule is CCS(=O)(=O)NCC[S]. The van der Waals surface area contributed by atoms with Crippen LogP contribution in [0.3, 0.4) is 0 Å². The van der Waals surface area contributed by atoms with Crippen LogP contribution in [0.4, 0.5) is 0 Å². The summed E-state index contributed by atoms with van der Waals surface area (Å²) in [6, 6.07) is 0. The summed E-state index contributed by atoms with van der Waals surface area (Å²) in [4.78, 5) is 0. The second kappa shape index (κ2) is 4.14. The van der Waals surface area contributed by atoms with Crippen LogP contribution in [0, 0.1) is 0 Å². The Labute approximate surface area is 61.3 Å². The fourth-order valence-corrected chi connectivity index (χ4v) is 1.15. The highest BCUT2D eigenvalue weighted by Crippen LogP contribution is 1.80. The van der Waals surface area contributed by atoms with Gasteiger partial charge < -0.3 is 0 Å². The van der Waals surface area contributed by atoms with Gasteiger partial charge in [-0.15, -0.1) is 0 Å². The van der Waals surface area contributed by atoms with Crippen LogP contribution >= 0.6 is 12.6 Å². The molecule has 3 nitrogen and oxygen atoms in total. The normalized spacial score (nSPS) is 11.8. The predicted molar refractivity (Wildman–Crippen MR) is 39.9 cm³/mol. The molecule has 0 aromatic carbocycles. The minimum Gasteiger partial charge on any atom is -0.214 e. The number of nitrogens with one attached hydrogen (secondary N) is 1. The molecule has 0 aromatic rings. The predicted octanol–water partition coefficient (Wildman–Crippen LogP) is 0.123. The summed E-state index contributed by atoms with van der Waals surface area (Å²) >= 11 is 4.54. The molecule has 0 bridgehead atoms. The number of hydrogen-bond donors (Lipinski definition) is 1. The third-order valence-corrected chi connectivity index (χ3v) is 2.41. The Morgan fingerprint density at radius 3 is 2.44 bits per heavy atom. The second-order valence-electron chi connectivity index (χ2n) is 1.50. The molecule has 0 fully saturated rings. The van der Waals surface area contributed by atoms with Crippen molar-refractivity contribution >= 4 is 22.7 Å². The van der Waals surface area contributed by atoms with Crippen molar-refractivity contribution in [2.75, 3.05) is 18.1 Å². The molecular weight excluding hydrogens is 158 g/mol. The maximum Gasteiger partial charge on any atom is 0.211 e. The van der Waals surface area contributed by atoms with Gasteiger partial charge in [-0.25, -0.2) is 13.1 Å². The number of sulfonamides is 1. The van der Waals surface area contributed by atoms with Gasteiger partial charge in [-0.1, -0.05) is 12.6 Å². The van der Waals surface area contributed by atoms with E-state index in [1.54, 1.807) is 6.92 Å². The third-order valence-electron chi connectivity index (χ3n) is 0.804. The Kier molecular flexibility index (Phi) is 4.26. The van der Waals surface area contributed by atoms with Crippen LogP contribution < -0.4 is 4.72 Å². The summed E-state index contributed by atoms with van der Waals surface area (Å²) in [5, 5.41) is 0. The van der Waals surface area contributed by atoms with Crippen LogP contribution in [0.25, 0.3) is 0 Å². The molecule has 0 unspecified atom stereocenters. The minimum atomic E-state index is -3.00. The molecule has 5 heteroatoms. The van der Waals surface area contributed by atoms with E-state index < -0.39 is 10.0 Å². The average Bonchev–Trinajstić information content (AvgIpc) is 1.84. The smallest absolute Gasteiger partial charge is 0.211 e. The zero-order chi connectivity index (χ0) is 7.33. The molecule has 0 heterocycles. The van der Waals surface area contributed by atoms with Crippen molar-refractivity contribution < 1.29 is 8.42 Å². The highest BCUT2D eigenvalue weighted by Gasteiger charge is 2.02. The van der Waals surface area contributed by atoms with Gasteiger partial charge in [0, 0.05) is 12.3 Å². The van der Waals surface area contributed by atoms with E-state index in [4.69, 9.17) is 0 Å². The number of hydrogen-bond acceptors (Lipinski definition) is 2. The fraction of sp³-hybridized carbons (Fsp3) is 1.00. The van der Waals surface area contributed by atoms with Crippen molar-refractivity contribution in [3.8, 4) is 0 Å². The second-order valence-corrected chi connectivity index (χ2v) is 4.01. The van der Waals surface area contributed by atoms with E-state index in [0.717, 1.165) is 0 Å². The highest BCUT2D eigenvalue weighted by molar-refractivity contribution is 7.89. The monoisotopic (exact) mass is 168 g/mol. The van der Waals surface area contributed by atoms with Crippen LogP contribution in [-0.4, -0.2) is 26.5 Å². The highest BCUT2D eigenvalue weighted by atomic mass is 32.2. The lowest BCUT2D eigenvalue weighted by atomic mass is 10.8. The molecule has 0 aliphatic rings. The first-order valence-electron chi connectivity index (χ1n) is 2.68. The van der Waals surface area contributed by atoms with Gasteiger partial charge >= 0.3 is 0 Å². The Hall–Kier alpha value is 0.260. The molecule has 0 aromatic heterocycles. The van der Waals surface area contributed by atoms with Crippen molar-refractivity contribution in [1.82, 2.24) is 4.72 Å². The van der Waals surface area contributed by atoms with E-state index >= 15 is 0 Å². The lowest BCUT2D eigenvalue weighted by molar-refractivity contribution is 0.585. The summed E-state index contributed by atoms with van der Waals surface area (Å²) in [5.74, 6) is 0.557. The molecule has 55 valence electrons. The van der Waals surface area contributed by atoms with E-state index in [0.29, 0.717) is 12.3 Å². The lowest BCUT2D eigenvalue weighted by Gasteiger charge is -1.99. The van der Waals surface area contributed by atoms with Crippen molar-refractivity contribution in [3.05, 3.63) is 0 Å². The maximum absolute atomic E-state index is 10.6. The molecule has 0 spiro atoms. The lowest BCUT2D eigenvalue weighted by Crippen LogP contribution is -2.26. The topological polar surface area (TPSA) is 46.2 Å². The molecule has 1 N–H and O–H groups in total. The molecule has 0 aliphatic carbocycles. The fourth-order valence-electron chi connectivity index (χ4n) is 0.299. The standard InChI is InChI=1S/C4H10NO2S2/c1-2-9(6,7)5-3-4-8/h5H,2-4H2,1H3. The Morgan fingerprint density at radius 2 is 2.11 bits per heavy atom. The van der Waals surface area contributed by atoms with Crippen LogP contribution in [0.5, 0.6) is 0 Å². The first-order chi connectivity index (χ1) is 4.12. The van der Waals surface area contributed by atoms with Gasteiger partial charge in [0.1, 0.15) is 0 Å². The van der Waals surface area contributed by atoms with Crippen LogP contribution in [0.1, 0.15) is 6.92 Å². The van der Waals surface area contributed by atoms with Gasteiger partial charge in [-0.3, -0.25) is 0 Å². The first kappa shape index (κ1) is 9.26. The molecule has 0 atom stereocenters. The van der Waals surface area contributed by atoms with E-state index in [-0.39, 0.29) is 5.75 Å². The first-order valence-corrected chi connectivity index (χ1v) is 4.91. The van der Waals surface area contributed by atoms with Gasteiger partial charge in [0.05, 0.1) is 5.75 Å². The van der Waals surface area contributed by atoms with Crippen LogP contribution in [-0.2, 0) is 10.0 Å². The molecule has 9 heavy (non-hydrogen) atoms. The quantitative estimate of drug-likeness (QED) is 0.648. The summed E-state index contributed by atoms with van der Waals surface area (Å²) in [5.41, 5.74) is 0. The van der Waals surface area contributed by atoms with Crippen molar-refractivity contribution in [1.29, 1.82) is 0 Å². The van der Waals surface area contributed by atoms with Crippen molar-refractivity contribution in [2.24, 2.45) is 0 Å². The van der Waals surface area contributed by atoms with Gasteiger partial charge in [-0.2, -0.15) is 0 Å². The molecule has 0 amide bonds. The van der Waals surface area contributed by atoms with Crippen molar-refractivity contribution in [2.45, 2.75) is 6.92 Å². The maximum atomic E-state index is 10.6. The zero-order valence-corrected chi connectivity index (χ0v) is 6.89. The van der Waals surface area contributed by atoms with Gasteiger partial charge in [0.25, 0.3) is 0 Å². The Bertz CT molecular complexity index is 152. The average molecular weight is 168 g/mol. The zero-order valence-electron chi connectivity index (χ0n) is 5.25. The largest absolute Gasteiger partial charge is 0.214 e. The van der Waals surface area contributed by atoms with E-state index in [1.807, 2.05) is 0 Å². The summed E-state index contributed by atoms with van der Waals surface area (Å²) in [6.45, 7) is 1.96. The van der Waals surface area contributed by atoms with E-state index in [9.17, 15) is 8.42 Å². The Morgan fingerprint density at radius 1 is 1.56 bits per heavy atom. The molecule has 0 aliphatic heterocycles. The van der Waals surface area contributed by atoms with Crippen LogP contribution in [0.2, 0.25) is 0 Å². The Balaban J connectivity index is 3.61. The summed E-state index contributed by atoms with van der Waals surface area (Å²) in [7, 11) is -3.00. The summed E-state index contributed by atoms with van der Waals surface area (Å²) in [6.07, 6.45) is 0. The van der Waals surface area contributed by atoms with E-state index in [1.165, 1.54) is 0 Å². The van der Waals surface area contributed by atoms with Crippen molar-refractivity contribution in [3.63, 3.8) is 0 Å².